The van der Waals surface area contributed by atoms with Gasteiger partial charge in [0.05, 0.1) is 0 Å². The molecule has 0 aliphatic rings. The minimum atomic E-state index is 0.754. The third-order valence-corrected chi connectivity index (χ3v) is 1.93. The van der Waals surface area contributed by atoms with Crippen LogP contribution in [0.1, 0.15) is 17.2 Å². The summed E-state index contributed by atoms with van der Waals surface area (Å²) in [5.41, 5.74) is 1.96. The Kier molecular flexibility index (Phi) is 2.37. The summed E-state index contributed by atoms with van der Waals surface area (Å²) in [6, 6.07) is 3.81. The normalized spacial score (nSPS) is 10.3. The highest BCUT2D eigenvalue weighted by atomic mass is 15.2. The highest BCUT2D eigenvalue weighted by Gasteiger charge is 2.01. The van der Waals surface area contributed by atoms with Crippen molar-refractivity contribution in [2.75, 3.05) is 5.32 Å². The molecule has 15 heavy (non-hydrogen) atoms. The summed E-state index contributed by atoms with van der Waals surface area (Å²) >= 11 is 0. The number of H-pyrrole nitrogens is 1. The van der Waals surface area contributed by atoms with E-state index in [1.165, 1.54) is 0 Å². The van der Waals surface area contributed by atoms with Crippen LogP contribution in [-0.2, 0) is 0 Å². The Morgan fingerprint density at radius 2 is 1.87 bits per heavy atom. The fourth-order valence-corrected chi connectivity index (χ4v) is 1.39. The number of anilines is 2. The lowest BCUT2D eigenvalue weighted by Gasteiger charge is -2.03. The van der Waals surface area contributed by atoms with E-state index in [0.29, 0.717) is 0 Å². The third-order valence-electron chi connectivity index (χ3n) is 1.93. The van der Waals surface area contributed by atoms with Gasteiger partial charge in [0.2, 0.25) is 0 Å². The van der Waals surface area contributed by atoms with Crippen LogP contribution in [0.3, 0.4) is 0 Å². The topological polar surface area (TPSA) is 66.5 Å². The maximum Gasteiger partial charge on any atom is 0.153 e. The van der Waals surface area contributed by atoms with Gasteiger partial charge in [-0.3, -0.25) is 5.10 Å². The van der Waals surface area contributed by atoms with Crippen LogP contribution >= 0.6 is 0 Å². The number of nitrogens with one attached hydrogen (secondary N) is 2. The molecule has 0 unspecified atom stereocenters. The monoisotopic (exact) mass is 203 g/mol. The fourth-order valence-electron chi connectivity index (χ4n) is 1.39. The molecule has 0 saturated carbocycles. The van der Waals surface area contributed by atoms with E-state index in [1.807, 2.05) is 32.9 Å². The van der Waals surface area contributed by atoms with Crippen LogP contribution in [-0.4, -0.2) is 20.2 Å². The summed E-state index contributed by atoms with van der Waals surface area (Å²) in [5, 5.41) is 10.0. The van der Waals surface area contributed by atoms with Gasteiger partial charge in [0.25, 0.3) is 0 Å². The van der Waals surface area contributed by atoms with E-state index in [9.17, 15) is 0 Å². The second kappa shape index (κ2) is 3.68. The SMILES string of the molecule is Cc1cc(Nc2cc(C)[nH]n2)nc(C)n1. The molecule has 5 nitrogen and oxygen atoms in total. The first kappa shape index (κ1) is 9.64. The number of aromatic amines is 1. The van der Waals surface area contributed by atoms with Crippen molar-refractivity contribution in [3.8, 4) is 0 Å². The van der Waals surface area contributed by atoms with Gasteiger partial charge >= 0.3 is 0 Å². The molecule has 0 aliphatic carbocycles. The van der Waals surface area contributed by atoms with Crippen molar-refractivity contribution >= 4 is 11.6 Å². The molecule has 0 spiro atoms. The minimum absolute atomic E-state index is 0.754. The van der Waals surface area contributed by atoms with Crippen LogP contribution in [0.5, 0.6) is 0 Å². The lowest BCUT2D eigenvalue weighted by molar-refractivity contribution is 1.01. The Labute approximate surface area is 88.0 Å². The molecule has 2 N–H and O–H groups in total. The molecule has 0 fully saturated rings. The average Bonchev–Trinajstić information content (AvgIpc) is 2.49. The summed E-state index contributed by atoms with van der Waals surface area (Å²) in [6.07, 6.45) is 0. The molecule has 0 amide bonds. The molecule has 0 saturated heterocycles. The van der Waals surface area contributed by atoms with Gasteiger partial charge in [-0.1, -0.05) is 0 Å². The summed E-state index contributed by atoms with van der Waals surface area (Å²) < 4.78 is 0. The van der Waals surface area contributed by atoms with Crippen molar-refractivity contribution < 1.29 is 0 Å². The van der Waals surface area contributed by atoms with E-state index >= 15 is 0 Å². The Hall–Kier alpha value is -1.91. The van der Waals surface area contributed by atoms with Gasteiger partial charge < -0.3 is 5.32 Å². The van der Waals surface area contributed by atoms with Crippen molar-refractivity contribution in [2.45, 2.75) is 20.8 Å². The maximum absolute atomic E-state index is 4.26. The van der Waals surface area contributed by atoms with Crippen LogP contribution in [0.2, 0.25) is 0 Å². The van der Waals surface area contributed by atoms with Gasteiger partial charge in [-0.2, -0.15) is 5.10 Å². The summed E-state index contributed by atoms with van der Waals surface area (Å²) in [4.78, 5) is 8.46. The van der Waals surface area contributed by atoms with E-state index in [0.717, 1.165) is 28.8 Å². The molecule has 2 aromatic heterocycles. The second-order valence-corrected chi connectivity index (χ2v) is 3.50. The van der Waals surface area contributed by atoms with Gasteiger partial charge in [-0.15, -0.1) is 0 Å². The lowest BCUT2D eigenvalue weighted by Crippen LogP contribution is -1.98. The van der Waals surface area contributed by atoms with Crippen LogP contribution in [0.25, 0.3) is 0 Å². The first-order chi connectivity index (χ1) is 7.13. The van der Waals surface area contributed by atoms with Crippen LogP contribution < -0.4 is 5.32 Å². The zero-order valence-corrected chi connectivity index (χ0v) is 9.00. The molecule has 0 bridgehead atoms. The number of rotatable bonds is 2. The Morgan fingerprint density at radius 3 is 2.47 bits per heavy atom. The smallest absolute Gasteiger partial charge is 0.153 e. The van der Waals surface area contributed by atoms with E-state index in [1.54, 1.807) is 0 Å². The zero-order valence-electron chi connectivity index (χ0n) is 9.00. The molecule has 0 aromatic carbocycles. The number of hydrogen-bond donors (Lipinski definition) is 2. The highest BCUT2D eigenvalue weighted by molar-refractivity contribution is 5.51. The third kappa shape index (κ3) is 2.31. The molecule has 5 heteroatoms. The average molecular weight is 203 g/mol. The van der Waals surface area contributed by atoms with Gasteiger partial charge in [-0.25, -0.2) is 9.97 Å². The molecule has 2 heterocycles. The quantitative estimate of drug-likeness (QED) is 0.781. The Morgan fingerprint density at radius 1 is 1.07 bits per heavy atom. The fraction of sp³-hybridized carbons (Fsp3) is 0.300. The largest absolute Gasteiger partial charge is 0.323 e. The van der Waals surface area contributed by atoms with Crippen molar-refractivity contribution in [1.29, 1.82) is 0 Å². The minimum Gasteiger partial charge on any atom is -0.323 e. The number of aromatic nitrogens is 4. The van der Waals surface area contributed by atoms with E-state index < -0.39 is 0 Å². The summed E-state index contributed by atoms with van der Waals surface area (Å²) in [6.45, 7) is 5.76. The number of nitrogens with zero attached hydrogens (tertiary/aromatic N) is 3. The van der Waals surface area contributed by atoms with Crippen molar-refractivity contribution in [2.24, 2.45) is 0 Å². The van der Waals surface area contributed by atoms with Crippen molar-refractivity contribution in [3.63, 3.8) is 0 Å². The molecule has 2 rings (SSSR count). The van der Waals surface area contributed by atoms with Gasteiger partial charge in [0.1, 0.15) is 11.6 Å². The van der Waals surface area contributed by atoms with Crippen molar-refractivity contribution in [1.82, 2.24) is 20.2 Å². The van der Waals surface area contributed by atoms with Gasteiger partial charge in [0, 0.05) is 23.5 Å². The van der Waals surface area contributed by atoms with Crippen LogP contribution in [0, 0.1) is 20.8 Å². The lowest BCUT2D eigenvalue weighted by atomic mass is 10.4. The predicted octanol–water partition coefficient (Wildman–Crippen LogP) is 1.87. The van der Waals surface area contributed by atoms with E-state index in [2.05, 4.69) is 25.5 Å². The molecule has 0 radical (unpaired) electrons. The standard InChI is InChI=1S/C10H13N5/c1-6-4-9(12-8(3)11-6)13-10-5-7(2)14-15-10/h4-5H,1-3H3,(H2,11,12,13,14,15). The first-order valence-electron chi connectivity index (χ1n) is 4.75. The van der Waals surface area contributed by atoms with Crippen molar-refractivity contribution in [3.05, 3.63) is 29.3 Å². The molecule has 78 valence electrons. The molecule has 0 aliphatic heterocycles. The molecule has 2 aromatic rings. The summed E-state index contributed by atoms with van der Waals surface area (Å²) in [5.74, 6) is 2.29. The molecule has 0 atom stereocenters. The maximum atomic E-state index is 4.26. The first-order valence-corrected chi connectivity index (χ1v) is 4.75. The van der Waals surface area contributed by atoms with E-state index in [4.69, 9.17) is 0 Å². The molecular formula is C10H13N5. The van der Waals surface area contributed by atoms with Crippen LogP contribution in [0.4, 0.5) is 11.6 Å². The van der Waals surface area contributed by atoms with E-state index in [-0.39, 0.29) is 0 Å². The number of aryl methyl sites for hydroxylation is 3. The summed E-state index contributed by atoms with van der Waals surface area (Å²) in [7, 11) is 0. The predicted molar refractivity (Wildman–Crippen MR) is 58.1 cm³/mol. The number of hydrogen-bond acceptors (Lipinski definition) is 4. The second-order valence-electron chi connectivity index (χ2n) is 3.50. The molecular weight excluding hydrogens is 190 g/mol. The highest BCUT2D eigenvalue weighted by Crippen LogP contribution is 2.13. The van der Waals surface area contributed by atoms with Crippen LogP contribution in [0.15, 0.2) is 12.1 Å². The Balaban J connectivity index is 2.24. The zero-order chi connectivity index (χ0) is 10.8. The van der Waals surface area contributed by atoms with Gasteiger partial charge in [-0.05, 0) is 20.8 Å². The van der Waals surface area contributed by atoms with Gasteiger partial charge in [0.15, 0.2) is 5.82 Å². The Bertz CT molecular complexity index is 454.